The molecule has 1 unspecified atom stereocenters. The van der Waals surface area contributed by atoms with E-state index in [1.54, 1.807) is 24.3 Å². The molecule has 1 aromatic rings. The van der Waals surface area contributed by atoms with Gasteiger partial charge in [0, 0.05) is 11.9 Å². The van der Waals surface area contributed by atoms with Crippen LogP contribution in [-0.4, -0.2) is 20.3 Å². The van der Waals surface area contributed by atoms with Gasteiger partial charge in [-0.3, -0.25) is 0 Å². The van der Waals surface area contributed by atoms with E-state index in [1.165, 1.54) is 0 Å². The van der Waals surface area contributed by atoms with E-state index in [4.69, 9.17) is 11.6 Å². The van der Waals surface area contributed by atoms with E-state index >= 15 is 0 Å². The highest BCUT2D eigenvalue weighted by Gasteiger charge is 2.16. The summed E-state index contributed by atoms with van der Waals surface area (Å²) in [6, 6.07) is 6.76. The molecule has 0 saturated carbocycles. The Hall–Kier alpha value is -0.580. The summed E-state index contributed by atoms with van der Waals surface area (Å²) in [5.41, 5.74) is 1.03. The van der Waals surface area contributed by atoms with Gasteiger partial charge in [-0.2, -0.15) is 0 Å². The highest BCUT2D eigenvalue weighted by molar-refractivity contribution is 7.89. The molecule has 1 aromatic carbocycles. The fourth-order valence-electron chi connectivity index (χ4n) is 1.60. The predicted octanol–water partition coefficient (Wildman–Crippen LogP) is 2.93. The molecule has 0 aromatic heterocycles. The van der Waals surface area contributed by atoms with Crippen molar-refractivity contribution in [2.45, 2.75) is 37.5 Å². The Bertz CT molecular complexity index is 468. The van der Waals surface area contributed by atoms with Gasteiger partial charge in [-0.05, 0) is 31.4 Å². The topological polar surface area (TPSA) is 46.2 Å². The second-order valence-corrected chi connectivity index (χ2v) is 7.28. The maximum atomic E-state index is 12.0. The van der Waals surface area contributed by atoms with Crippen molar-refractivity contribution in [3.63, 3.8) is 0 Å². The van der Waals surface area contributed by atoms with Crippen molar-refractivity contribution in [1.29, 1.82) is 0 Å². The smallest absolute Gasteiger partial charge is 0.210 e. The first kappa shape index (κ1) is 15.5. The largest absolute Gasteiger partial charge is 0.240 e. The van der Waals surface area contributed by atoms with Crippen molar-refractivity contribution in [3.8, 4) is 0 Å². The van der Waals surface area contributed by atoms with Gasteiger partial charge in [-0.25, -0.2) is 13.1 Å². The molecule has 1 N–H and O–H groups in total. The Morgan fingerprint density at radius 1 is 1.22 bits per heavy atom. The molecular weight excluding hydrogens is 270 g/mol. The van der Waals surface area contributed by atoms with Crippen molar-refractivity contribution in [2.24, 2.45) is 5.92 Å². The summed E-state index contributed by atoms with van der Waals surface area (Å²) in [6.07, 6.45) is 0.790. The molecule has 1 rings (SSSR count). The molecule has 5 heteroatoms. The van der Waals surface area contributed by atoms with E-state index in [0.717, 1.165) is 12.0 Å². The number of nitrogens with one attached hydrogen (secondary N) is 1. The maximum absolute atomic E-state index is 12.0. The zero-order valence-electron chi connectivity index (χ0n) is 11.0. The summed E-state index contributed by atoms with van der Waals surface area (Å²) in [5, 5.41) is -0.176. The maximum Gasteiger partial charge on any atom is 0.240 e. The first-order chi connectivity index (χ1) is 8.31. The van der Waals surface area contributed by atoms with Crippen LogP contribution in [0.2, 0.25) is 0 Å². The van der Waals surface area contributed by atoms with Crippen LogP contribution in [-0.2, 0) is 10.0 Å². The number of sulfonamides is 1. The number of hydrogen-bond acceptors (Lipinski definition) is 2. The molecule has 0 amide bonds. The van der Waals surface area contributed by atoms with E-state index < -0.39 is 10.0 Å². The Labute approximate surface area is 115 Å². The van der Waals surface area contributed by atoms with Crippen molar-refractivity contribution >= 4 is 21.6 Å². The number of alkyl halides is 1. The second kappa shape index (κ2) is 6.55. The molecule has 0 aliphatic carbocycles. The molecule has 1 atom stereocenters. The number of hydrogen-bond donors (Lipinski definition) is 1. The molecular formula is C13H20ClNO2S. The van der Waals surface area contributed by atoms with E-state index in [9.17, 15) is 8.42 Å². The van der Waals surface area contributed by atoms with Crippen molar-refractivity contribution in [1.82, 2.24) is 4.72 Å². The molecule has 0 saturated heterocycles. The van der Waals surface area contributed by atoms with Gasteiger partial charge >= 0.3 is 0 Å². The lowest BCUT2D eigenvalue weighted by atomic mass is 10.1. The summed E-state index contributed by atoms with van der Waals surface area (Å²) in [6.45, 7) is 6.30. The highest BCUT2D eigenvalue weighted by Crippen LogP contribution is 2.13. The summed E-state index contributed by atoms with van der Waals surface area (Å²) in [7, 11) is -3.44. The molecule has 0 radical (unpaired) electrons. The minimum Gasteiger partial charge on any atom is -0.210 e. The Morgan fingerprint density at radius 2 is 1.78 bits per heavy atom. The standard InChI is InChI=1S/C13H20ClNO2S/c1-10(2)8-12(14)9-15-18(16,17)13-6-4-11(3)5-7-13/h4-7,10,12,15H,8-9H2,1-3H3. The van der Waals surface area contributed by atoms with Crippen molar-refractivity contribution in [3.05, 3.63) is 29.8 Å². The summed E-state index contributed by atoms with van der Waals surface area (Å²) >= 11 is 6.07. The van der Waals surface area contributed by atoms with Crippen LogP contribution in [0.4, 0.5) is 0 Å². The Balaban J connectivity index is 2.63. The van der Waals surface area contributed by atoms with Crippen molar-refractivity contribution in [2.75, 3.05) is 6.54 Å². The minimum absolute atomic E-state index is 0.176. The van der Waals surface area contributed by atoms with Crippen LogP contribution < -0.4 is 4.72 Å². The van der Waals surface area contributed by atoms with Crippen LogP contribution >= 0.6 is 11.6 Å². The van der Waals surface area contributed by atoms with E-state index in [-0.39, 0.29) is 16.8 Å². The van der Waals surface area contributed by atoms with Gasteiger partial charge < -0.3 is 0 Å². The average molecular weight is 290 g/mol. The van der Waals surface area contributed by atoms with Crippen LogP contribution in [0.25, 0.3) is 0 Å². The van der Waals surface area contributed by atoms with Gasteiger partial charge in [-0.15, -0.1) is 11.6 Å². The van der Waals surface area contributed by atoms with Crippen LogP contribution in [0.15, 0.2) is 29.2 Å². The molecule has 0 bridgehead atoms. The van der Waals surface area contributed by atoms with Crippen LogP contribution in [0.1, 0.15) is 25.8 Å². The van der Waals surface area contributed by atoms with Crippen LogP contribution in [0, 0.1) is 12.8 Å². The molecule has 102 valence electrons. The lowest BCUT2D eigenvalue weighted by Crippen LogP contribution is -2.30. The minimum atomic E-state index is -3.44. The molecule has 3 nitrogen and oxygen atoms in total. The van der Waals surface area contributed by atoms with E-state index in [0.29, 0.717) is 5.92 Å². The summed E-state index contributed by atoms with van der Waals surface area (Å²) < 4.78 is 26.5. The average Bonchev–Trinajstić information content (AvgIpc) is 2.26. The zero-order chi connectivity index (χ0) is 13.8. The molecule has 0 aliphatic rings. The Kier molecular flexibility index (Phi) is 5.63. The number of benzene rings is 1. The molecule has 0 aliphatic heterocycles. The van der Waals surface area contributed by atoms with Gasteiger partial charge in [-0.1, -0.05) is 31.5 Å². The monoisotopic (exact) mass is 289 g/mol. The number of aryl methyl sites for hydroxylation is 1. The normalized spacial score (nSPS) is 13.8. The fourth-order valence-corrected chi connectivity index (χ4v) is 3.20. The third-order valence-corrected chi connectivity index (χ3v) is 4.33. The predicted molar refractivity (Wildman–Crippen MR) is 75.5 cm³/mol. The molecule has 0 fully saturated rings. The van der Waals surface area contributed by atoms with E-state index in [1.807, 2.05) is 6.92 Å². The van der Waals surface area contributed by atoms with Gasteiger partial charge in [0.2, 0.25) is 10.0 Å². The SMILES string of the molecule is Cc1ccc(S(=O)(=O)NCC(Cl)CC(C)C)cc1. The van der Waals surface area contributed by atoms with E-state index in [2.05, 4.69) is 18.6 Å². The number of rotatable bonds is 6. The van der Waals surface area contributed by atoms with Gasteiger partial charge in [0.1, 0.15) is 0 Å². The quantitative estimate of drug-likeness (QED) is 0.819. The molecule has 18 heavy (non-hydrogen) atoms. The summed E-state index contributed by atoms with van der Waals surface area (Å²) in [4.78, 5) is 0.279. The molecule has 0 heterocycles. The third-order valence-electron chi connectivity index (χ3n) is 2.55. The Morgan fingerprint density at radius 3 is 2.28 bits per heavy atom. The zero-order valence-corrected chi connectivity index (χ0v) is 12.6. The van der Waals surface area contributed by atoms with Crippen LogP contribution in [0.5, 0.6) is 0 Å². The molecule has 0 spiro atoms. The number of halogens is 1. The van der Waals surface area contributed by atoms with Gasteiger partial charge in [0.05, 0.1) is 4.90 Å². The lowest BCUT2D eigenvalue weighted by Gasteiger charge is -2.13. The lowest BCUT2D eigenvalue weighted by molar-refractivity contribution is 0.544. The van der Waals surface area contributed by atoms with Crippen LogP contribution in [0.3, 0.4) is 0 Å². The summed E-state index contributed by atoms with van der Waals surface area (Å²) in [5.74, 6) is 0.455. The second-order valence-electron chi connectivity index (χ2n) is 4.89. The highest BCUT2D eigenvalue weighted by atomic mass is 35.5. The third kappa shape index (κ3) is 4.96. The van der Waals surface area contributed by atoms with Crippen molar-refractivity contribution < 1.29 is 8.42 Å². The van der Waals surface area contributed by atoms with Gasteiger partial charge in [0.25, 0.3) is 0 Å². The fraction of sp³-hybridized carbons (Fsp3) is 0.538. The van der Waals surface area contributed by atoms with Gasteiger partial charge in [0.15, 0.2) is 0 Å². The first-order valence-electron chi connectivity index (χ1n) is 6.01. The first-order valence-corrected chi connectivity index (χ1v) is 7.93.